The number of piperidine rings is 1. The Morgan fingerprint density at radius 1 is 1.00 bits per heavy atom. The van der Waals surface area contributed by atoms with Crippen molar-refractivity contribution in [1.82, 2.24) is 4.90 Å². The second kappa shape index (κ2) is 5.68. The van der Waals surface area contributed by atoms with Crippen molar-refractivity contribution in [3.05, 3.63) is 0 Å². The van der Waals surface area contributed by atoms with Crippen LogP contribution in [0.5, 0.6) is 0 Å². The van der Waals surface area contributed by atoms with Gasteiger partial charge in [-0.3, -0.25) is 4.90 Å². The number of aliphatic hydroxyl groups is 1. The van der Waals surface area contributed by atoms with Crippen LogP contribution >= 0.6 is 0 Å². The third-order valence-corrected chi connectivity index (χ3v) is 5.29. The largest absolute Gasteiger partial charge is 0.391 e. The summed E-state index contributed by atoms with van der Waals surface area (Å²) in [4.78, 5) is 2.50. The summed E-state index contributed by atoms with van der Waals surface area (Å²) in [6, 6.07) is 0.396. The summed E-state index contributed by atoms with van der Waals surface area (Å²) in [6.45, 7) is 5.72. The zero-order valence-electron chi connectivity index (χ0n) is 12.0. The van der Waals surface area contributed by atoms with Crippen molar-refractivity contribution in [3.8, 4) is 0 Å². The van der Waals surface area contributed by atoms with Crippen LogP contribution in [-0.4, -0.2) is 54.2 Å². The van der Waals surface area contributed by atoms with Crippen molar-refractivity contribution >= 4 is 0 Å². The first-order valence-electron chi connectivity index (χ1n) is 7.89. The first-order valence-corrected chi connectivity index (χ1v) is 7.89. The number of nitrogens with zero attached hydrogens (tertiary/aromatic N) is 1. The monoisotopic (exact) mass is 269 g/mol. The van der Waals surface area contributed by atoms with Crippen molar-refractivity contribution < 1.29 is 14.6 Å². The molecule has 0 aromatic rings. The van der Waals surface area contributed by atoms with Crippen molar-refractivity contribution in [1.29, 1.82) is 0 Å². The van der Waals surface area contributed by atoms with Gasteiger partial charge >= 0.3 is 0 Å². The maximum atomic E-state index is 10.2. The Balaban J connectivity index is 1.54. The molecule has 4 nitrogen and oxygen atoms in total. The van der Waals surface area contributed by atoms with E-state index in [0.29, 0.717) is 12.0 Å². The lowest BCUT2D eigenvalue weighted by molar-refractivity contribution is -0.192. The number of hydrogen-bond acceptors (Lipinski definition) is 4. The minimum absolute atomic E-state index is 0.111. The average molecular weight is 269 g/mol. The molecular weight excluding hydrogens is 242 g/mol. The predicted octanol–water partition coefficient (Wildman–Crippen LogP) is 1.76. The van der Waals surface area contributed by atoms with Crippen LogP contribution in [0.3, 0.4) is 0 Å². The van der Waals surface area contributed by atoms with E-state index in [9.17, 15) is 5.11 Å². The number of ether oxygens (including phenoxy) is 2. The van der Waals surface area contributed by atoms with Crippen LogP contribution in [0.4, 0.5) is 0 Å². The van der Waals surface area contributed by atoms with Gasteiger partial charge in [0, 0.05) is 12.0 Å². The molecule has 2 saturated heterocycles. The molecule has 3 fully saturated rings. The van der Waals surface area contributed by atoms with Gasteiger partial charge in [-0.25, -0.2) is 0 Å². The van der Waals surface area contributed by atoms with Crippen molar-refractivity contribution in [2.45, 2.75) is 63.4 Å². The molecule has 0 amide bonds. The molecule has 4 heteroatoms. The van der Waals surface area contributed by atoms with Crippen LogP contribution in [-0.2, 0) is 9.47 Å². The topological polar surface area (TPSA) is 41.9 Å². The van der Waals surface area contributed by atoms with Gasteiger partial charge in [-0.15, -0.1) is 0 Å². The van der Waals surface area contributed by atoms with E-state index in [4.69, 9.17) is 9.47 Å². The molecule has 0 radical (unpaired) electrons. The fourth-order valence-corrected chi connectivity index (χ4v) is 4.04. The smallest absolute Gasteiger partial charge is 0.168 e. The van der Waals surface area contributed by atoms with E-state index in [0.717, 1.165) is 52.0 Å². The normalized spacial score (nSPS) is 37.6. The van der Waals surface area contributed by atoms with Gasteiger partial charge in [0.05, 0.1) is 19.3 Å². The maximum Gasteiger partial charge on any atom is 0.168 e. The van der Waals surface area contributed by atoms with Gasteiger partial charge in [-0.05, 0) is 45.7 Å². The molecule has 0 aromatic carbocycles. The highest BCUT2D eigenvalue weighted by molar-refractivity contribution is 4.89. The standard InChI is InChI=1S/C15H27NO3/c1-15(18-10-11-19-15)12-6-8-16(9-7-12)13-4-2-3-5-14(13)17/h12-14,17H,2-11H2,1H3/t13-,14+/m1/s1. The van der Waals surface area contributed by atoms with E-state index in [1.807, 2.05) is 0 Å². The summed E-state index contributed by atoms with van der Waals surface area (Å²) in [6.07, 6.45) is 6.74. The summed E-state index contributed by atoms with van der Waals surface area (Å²) in [7, 11) is 0. The second-order valence-corrected chi connectivity index (χ2v) is 6.44. The van der Waals surface area contributed by atoms with Crippen LogP contribution in [0.2, 0.25) is 0 Å². The molecule has 1 aliphatic carbocycles. The summed E-state index contributed by atoms with van der Waals surface area (Å²) >= 11 is 0. The van der Waals surface area contributed by atoms with Crippen molar-refractivity contribution in [3.63, 3.8) is 0 Å². The van der Waals surface area contributed by atoms with Crippen LogP contribution < -0.4 is 0 Å². The Hall–Kier alpha value is -0.160. The molecule has 0 aromatic heterocycles. The SMILES string of the molecule is CC1(C2CCN([C@@H]3CCCC[C@@H]3O)CC2)OCCO1. The Morgan fingerprint density at radius 3 is 2.26 bits per heavy atom. The summed E-state index contributed by atoms with van der Waals surface area (Å²) in [5, 5.41) is 10.2. The molecule has 110 valence electrons. The van der Waals surface area contributed by atoms with E-state index in [1.54, 1.807) is 0 Å². The highest BCUT2D eigenvalue weighted by atomic mass is 16.7. The molecule has 3 rings (SSSR count). The molecular formula is C15H27NO3. The molecule has 0 unspecified atom stereocenters. The third kappa shape index (κ3) is 2.82. The maximum absolute atomic E-state index is 10.2. The Kier molecular flexibility index (Phi) is 4.13. The van der Waals surface area contributed by atoms with Gasteiger partial charge in [0.25, 0.3) is 0 Å². The quantitative estimate of drug-likeness (QED) is 0.829. The predicted molar refractivity (Wildman–Crippen MR) is 72.9 cm³/mol. The molecule has 2 aliphatic heterocycles. The molecule has 3 aliphatic rings. The first kappa shape index (κ1) is 13.8. The molecule has 0 spiro atoms. The van der Waals surface area contributed by atoms with Crippen LogP contribution in [0.15, 0.2) is 0 Å². The van der Waals surface area contributed by atoms with Crippen LogP contribution in [0.1, 0.15) is 45.4 Å². The zero-order valence-corrected chi connectivity index (χ0v) is 12.0. The van der Waals surface area contributed by atoms with Gasteiger partial charge in [0.2, 0.25) is 0 Å². The van der Waals surface area contributed by atoms with Crippen LogP contribution in [0, 0.1) is 5.92 Å². The number of likely N-dealkylation sites (tertiary alicyclic amines) is 1. The van der Waals surface area contributed by atoms with Crippen molar-refractivity contribution in [2.24, 2.45) is 5.92 Å². The van der Waals surface area contributed by atoms with E-state index >= 15 is 0 Å². The molecule has 2 heterocycles. The summed E-state index contributed by atoms with van der Waals surface area (Å²) in [5.41, 5.74) is 0. The van der Waals surface area contributed by atoms with E-state index in [1.165, 1.54) is 12.8 Å². The van der Waals surface area contributed by atoms with Gasteiger partial charge < -0.3 is 14.6 Å². The van der Waals surface area contributed by atoms with E-state index in [2.05, 4.69) is 11.8 Å². The molecule has 0 bridgehead atoms. The lowest BCUT2D eigenvalue weighted by Crippen LogP contribution is -2.51. The lowest BCUT2D eigenvalue weighted by atomic mass is 9.85. The van der Waals surface area contributed by atoms with Crippen LogP contribution in [0.25, 0.3) is 0 Å². The fourth-order valence-electron chi connectivity index (χ4n) is 4.04. The Labute approximate surface area is 116 Å². The number of aliphatic hydroxyl groups excluding tert-OH is 1. The minimum atomic E-state index is -0.350. The van der Waals surface area contributed by atoms with E-state index < -0.39 is 0 Å². The highest BCUT2D eigenvalue weighted by Gasteiger charge is 2.42. The Morgan fingerprint density at radius 2 is 1.63 bits per heavy atom. The highest BCUT2D eigenvalue weighted by Crippen LogP contribution is 2.36. The van der Waals surface area contributed by atoms with Gasteiger partial charge in [0.15, 0.2) is 5.79 Å². The number of rotatable bonds is 2. The fraction of sp³-hybridized carbons (Fsp3) is 1.00. The third-order valence-electron chi connectivity index (χ3n) is 5.29. The minimum Gasteiger partial charge on any atom is -0.391 e. The molecule has 1 N–H and O–H groups in total. The Bertz CT molecular complexity index is 296. The zero-order chi connectivity index (χ0) is 13.3. The van der Waals surface area contributed by atoms with Gasteiger partial charge in [-0.1, -0.05) is 12.8 Å². The summed E-state index contributed by atoms with van der Waals surface area (Å²) in [5.74, 6) is 0.157. The van der Waals surface area contributed by atoms with E-state index in [-0.39, 0.29) is 11.9 Å². The van der Waals surface area contributed by atoms with Gasteiger partial charge in [-0.2, -0.15) is 0 Å². The van der Waals surface area contributed by atoms with Crippen molar-refractivity contribution in [2.75, 3.05) is 26.3 Å². The molecule has 19 heavy (non-hydrogen) atoms. The summed E-state index contributed by atoms with van der Waals surface area (Å²) < 4.78 is 11.6. The lowest BCUT2D eigenvalue weighted by Gasteiger charge is -2.44. The molecule has 1 saturated carbocycles. The van der Waals surface area contributed by atoms with Gasteiger partial charge in [0.1, 0.15) is 0 Å². The number of hydrogen-bond donors (Lipinski definition) is 1. The average Bonchev–Trinajstić information content (AvgIpc) is 2.88. The first-order chi connectivity index (χ1) is 9.19. The molecule has 2 atom stereocenters. The second-order valence-electron chi connectivity index (χ2n) is 6.44.